The first-order valence-electron chi connectivity index (χ1n) is 6.69. The average molecular weight is 320 g/mol. The zero-order chi connectivity index (χ0) is 16.8. The van der Waals surface area contributed by atoms with Crippen LogP contribution in [0.1, 0.15) is 10.4 Å². The van der Waals surface area contributed by atoms with Gasteiger partial charge in [0.1, 0.15) is 5.75 Å². The van der Waals surface area contributed by atoms with Crippen molar-refractivity contribution in [3.8, 4) is 5.75 Å². The molecule has 2 amide bonds. The third-order valence-corrected chi connectivity index (χ3v) is 2.92. The van der Waals surface area contributed by atoms with Gasteiger partial charge in [-0.25, -0.2) is 8.78 Å². The topological polar surface area (TPSA) is 67.4 Å². The van der Waals surface area contributed by atoms with Gasteiger partial charge in [0.15, 0.2) is 18.2 Å². The van der Waals surface area contributed by atoms with E-state index in [2.05, 4.69) is 10.6 Å². The molecule has 0 aliphatic heterocycles. The van der Waals surface area contributed by atoms with Gasteiger partial charge < -0.3 is 15.4 Å². The molecule has 120 valence electrons. The van der Waals surface area contributed by atoms with Gasteiger partial charge in [-0.3, -0.25) is 9.59 Å². The lowest BCUT2D eigenvalue weighted by Crippen LogP contribution is -2.20. The average Bonchev–Trinajstić information content (AvgIpc) is 2.56. The van der Waals surface area contributed by atoms with Gasteiger partial charge in [-0.1, -0.05) is 0 Å². The van der Waals surface area contributed by atoms with Crippen molar-refractivity contribution >= 4 is 17.5 Å². The molecule has 0 radical (unpaired) electrons. The van der Waals surface area contributed by atoms with Crippen LogP contribution in [0.2, 0.25) is 0 Å². The molecular weight excluding hydrogens is 306 g/mol. The second-order valence-electron chi connectivity index (χ2n) is 4.57. The van der Waals surface area contributed by atoms with Gasteiger partial charge in [0, 0.05) is 24.4 Å². The van der Waals surface area contributed by atoms with E-state index in [1.807, 2.05) is 0 Å². The molecule has 0 aromatic heterocycles. The van der Waals surface area contributed by atoms with Crippen LogP contribution in [0.25, 0.3) is 0 Å². The van der Waals surface area contributed by atoms with Crippen LogP contribution >= 0.6 is 0 Å². The summed E-state index contributed by atoms with van der Waals surface area (Å²) >= 11 is 0. The van der Waals surface area contributed by atoms with Gasteiger partial charge in [-0.15, -0.1) is 0 Å². The maximum absolute atomic E-state index is 13.0. The highest BCUT2D eigenvalue weighted by Crippen LogP contribution is 2.15. The van der Waals surface area contributed by atoms with Crippen molar-refractivity contribution in [3.05, 3.63) is 59.7 Å². The summed E-state index contributed by atoms with van der Waals surface area (Å²) in [7, 11) is 1.52. The smallest absolute Gasteiger partial charge is 0.262 e. The van der Waals surface area contributed by atoms with E-state index in [-0.39, 0.29) is 18.3 Å². The number of ether oxygens (including phenoxy) is 1. The number of amides is 2. The maximum Gasteiger partial charge on any atom is 0.262 e. The molecule has 0 aliphatic carbocycles. The van der Waals surface area contributed by atoms with E-state index in [1.165, 1.54) is 13.1 Å². The van der Waals surface area contributed by atoms with Gasteiger partial charge in [-0.2, -0.15) is 0 Å². The molecule has 2 aromatic carbocycles. The van der Waals surface area contributed by atoms with E-state index < -0.39 is 17.5 Å². The van der Waals surface area contributed by atoms with E-state index >= 15 is 0 Å². The van der Waals surface area contributed by atoms with Crippen molar-refractivity contribution in [1.29, 1.82) is 0 Å². The van der Waals surface area contributed by atoms with Crippen LogP contribution in [0.5, 0.6) is 5.75 Å². The summed E-state index contributed by atoms with van der Waals surface area (Å²) in [6, 6.07) is 9.26. The lowest BCUT2D eigenvalue weighted by atomic mass is 10.2. The molecule has 0 fully saturated rings. The normalized spacial score (nSPS) is 10.0. The summed E-state index contributed by atoms with van der Waals surface area (Å²) in [5.41, 5.74) is 0.945. The van der Waals surface area contributed by atoms with Gasteiger partial charge >= 0.3 is 0 Å². The SMILES string of the molecule is CNC(=O)c1ccc(NC(=O)COc2ccc(F)c(F)c2)cc1. The van der Waals surface area contributed by atoms with Crippen molar-refractivity contribution in [2.45, 2.75) is 0 Å². The Bertz CT molecular complexity index is 718. The van der Waals surface area contributed by atoms with Crippen LogP contribution in [-0.4, -0.2) is 25.5 Å². The molecule has 0 saturated carbocycles. The molecule has 0 atom stereocenters. The van der Waals surface area contributed by atoms with Crippen molar-refractivity contribution < 1.29 is 23.1 Å². The van der Waals surface area contributed by atoms with E-state index in [0.29, 0.717) is 11.3 Å². The molecule has 0 aliphatic rings. The Labute approximate surface area is 131 Å². The van der Waals surface area contributed by atoms with Gasteiger partial charge in [0.25, 0.3) is 11.8 Å². The summed E-state index contributed by atoms with van der Waals surface area (Å²) < 4.78 is 30.8. The summed E-state index contributed by atoms with van der Waals surface area (Å²) in [5.74, 6) is -2.69. The molecule has 5 nitrogen and oxygen atoms in total. The number of hydrogen-bond acceptors (Lipinski definition) is 3. The molecule has 0 unspecified atom stereocenters. The summed E-state index contributed by atoms with van der Waals surface area (Å²) in [6.07, 6.45) is 0. The van der Waals surface area contributed by atoms with Gasteiger partial charge in [0.05, 0.1) is 0 Å². The lowest BCUT2D eigenvalue weighted by molar-refractivity contribution is -0.118. The van der Waals surface area contributed by atoms with Crippen LogP contribution in [0, 0.1) is 11.6 Å². The van der Waals surface area contributed by atoms with Gasteiger partial charge in [0.2, 0.25) is 0 Å². The fourth-order valence-corrected chi connectivity index (χ4v) is 1.76. The number of halogens is 2. The summed E-state index contributed by atoms with van der Waals surface area (Å²) in [4.78, 5) is 23.1. The number of rotatable bonds is 5. The van der Waals surface area contributed by atoms with Gasteiger partial charge in [-0.05, 0) is 36.4 Å². The molecule has 0 saturated heterocycles. The van der Waals surface area contributed by atoms with Crippen molar-refractivity contribution in [2.75, 3.05) is 19.0 Å². The fraction of sp³-hybridized carbons (Fsp3) is 0.125. The van der Waals surface area contributed by atoms with Crippen LogP contribution < -0.4 is 15.4 Å². The molecular formula is C16H14F2N2O3. The van der Waals surface area contributed by atoms with E-state index in [1.54, 1.807) is 24.3 Å². The number of nitrogens with one attached hydrogen (secondary N) is 2. The number of hydrogen-bond donors (Lipinski definition) is 2. The Hall–Kier alpha value is -2.96. The zero-order valence-corrected chi connectivity index (χ0v) is 12.2. The fourth-order valence-electron chi connectivity index (χ4n) is 1.76. The van der Waals surface area contributed by atoms with Crippen LogP contribution in [0.3, 0.4) is 0 Å². The molecule has 0 spiro atoms. The third kappa shape index (κ3) is 4.50. The first-order chi connectivity index (χ1) is 11.0. The first kappa shape index (κ1) is 16.4. The first-order valence-corrected chi connectivity index (χ1v) is 6.69. The van der Waals surface area contributed by atoms with Crippen molar-refractivity contribution in [1.82, 2.24) is 5.32 Å². The monoisotopic (exact) mass is 320 g/mol. The molecule has 2 rings (SSSR count). The molecule has 23 heavy (non-hydrogen) atoms. The number of carbonyl (C=O) groups excluding carboxylic acids is 2. The molecule has 2 N–H and O–H groups in total. The van der Waals surface area contributed by atoms with E-state index in [4.69, 9.17) is 4.74 Å². The minimum atomic E-state index is -1.05. The minimum Gasteiger partial charge on any atom is -0.484 e. The molecule has 7 heteroatoms. The second-order valence-corrected chi connectivity index (χ2v) is 4.57. The Morgan fingerprint density at radius 3 is 2.35 bits per heavy atom. The largest absolute Gasteiger partial charge is 0.484 e. The third-order valence-electron chi connectivity index (χ3n) is 2.92. The van der Waals surface area contributed by atoms with Crippen molar-refractivity contribution in [2.24, 2.45) is 0 Å². The summed E-state index contributed by atoms with van der Waals surface area (Å²) in [6.45, 7) is -0.359. The van der Waals surface area contributed by atoms with Crippen LogP contribution in [0.15, 0.2) is 42.5 Å². The van der Waals surface area contributed by atoms with E-state index in [9.17, 15) is 18.4 Å². The minimum absolute atomic E-state index is 0.0500. The number of benzene rings is 2. The number of carbonyl (C=O) groups is 2. The Balaban J connectivity index is 1.89. The summed E-state index contributed by atoms with van der Waals surface area (Å²) in [5, 5.41) is 5.04. The van der Waals surface area contributed by atoms with Crippen LogP contribution in [0.4, 0.5) is 14.5 Å². The zero-order valence-electron chi connectivity index (χ0n) is 12.2. The molecule has 2 aromatic rings. The highest BCUT2D eigenvalue weighted by molar-refractivity contribution is 5.95. The number of anilines is 1. The molecule has 0 heterocycles. The lowest BCUT2D eigenvalue weighted by Gasteiger charge is -2.08. The predicted octanol–water partition coefficient (Wildman–Crippen LogP) is 2.34. The Morgan fingerprint density at radius 1 is 1.04 bits per heavy atom. The highest BCUT2D eigenvalue weighted by Gasteiger charge is 2.08. The standard InChI is InChI=1S/C16H14F2N2O3/c1-19-16(22)10-2-4-11(5-3-10)20-15(21)9-23-12-6-7-13(17)14(18)8-12/h2-8H,9H2,1H3,(H,19,22)(H,20,21). The second kappa shape index (κ2) is 7.35. The maximum atomic E-state index is 13.0. The van der Waals surface area contributed by atoms with Crippen LogP contribution in [-0.2, 0) is 4.79 Å². The van der Waals surface area contributed by atoms with Crippen molar-refractivity contribution in [3.63, 3.8) is 0 Å². The van der Waals surface area contributed by atoms with E-state index in [0.717, 1.165) is 12.1 Å². The Kier molecular flexibility index (Phi) is 5.24. The predicted molar refractivity (Wildman–Crippen MR) is 80.3 cm³/mol. The Morgan fingerprint density at radius 2 is 1.74 bits per heavy atom. The molecule has 0 bridgehead atoms. The highest BCUT2D eigenvalue weighted by atomic mass is 19.2. The quantitative estimate of drug-likeness (QED) is 0.888.